The van der Waals surface area contributed by atoms with E-state index in [2.05, 4.69) is 52.4 Å². The lowest BCUT2D eigenvalue weighted by molar-refractivity contribution is 0.0697. The molecule has 3 aromatic carbocycles. The van der Waals surface area contributed by atoms with Gasteiger partial charge in [-0.1, -0.05) is 48.0 Å². The number of methoxy groups -OCH3 is 1. The predicted octanol–water partition coefficient (Wildman–Crippen LogP) is 4.49. The van der Waals surface area contributed by atoms with Gasteiger partial charge in [0, 0.05) is 31.9 Å². The van der Waals surface area contributed by atoms with Crippen molar-refractivity contribution in [3.63, 3.8) is 0 Å². The molecule has 7 nitrogen and oxygen atoms in total. The topological polar surface area (TPSA) is 77.4 Å². The molecule has 0 radical (unpaired) electrons. The number of carboxylic acid groups (broad SMARTS) is 1. The van der Waals surface area contributed by atoms with Crippen LogP contribution in [-0.4, -0.2) is 55.2 Å². The lowest BCUT2D eigenvalue weighted by Crippen LogP contribution is -2.50. The third-order valence-electron chi connectivity index (χ3n) is 5.90. The second-order valence-corrected chi connectivity index (χ2v) is 8.28. The monoisotopic (exact) mass is 458 g/mol. The quantitative estimate of drug-likeness (QED) is 0.419. The number of hydrogen-bond donors (Lipinski definition) is 2. The van der Waals surface area contributed by atoms with Gasteiger partial charge in [-0.3, -0.25) is 0 Å². The molecule has 0 aromatic heterocycles. The first kappa shape index (κ1) is 23.2. The number of aromatic carboxylic acids is 1. The van der Waals surface area contributed by atoms with Gasteiger partial charge in [-0.15, -0.1) is 0 Å². The molecule has 1 aliphatic rings. The van der Waals surface area contributed by atoms with E-state index < -0.39 is 5.97 Å². The van der Waals surface area contributed by atoms with Crippen molar-refractivity contribution in [3.8, 4) is 5.75 Å². The first-order valence-electron chi connectivity index (χ1n) is 11.4. The summed E-state index contributed by atoms with van der Waals surface area (Å²) >= 11 is 0. The van der Waals surface area contributed by atoms with E-state index in [1.807, 2.05) is 24.3 Å². The number of aryl methyl sites for hydroxylation is 1. The van der Waals surface area contributed by atoms with E-state index in [4.69, 9.17) is 9.73 Å². The number of ether oxygens (including phenoxy) is 1. The van der Waals surface area contributed by atoms with Gasteiger partial charge in [0.25, 0.3) is 0 Å². The van der Waals surface area contributed by atoms with E-state index in [-0.39, 0.29) is 5.56 Å². The summed E-state index contributed by atoms with van der Waals surface area (Å²) in [6, 6.07) is 23.2. The molecule has 176 valence electrons. The maximum absolute atomic E-state index is 11.4. The number of guanidine groups is 1. The van der Waals surface area contributed by atoms with Gasteiger partial charge in [0.05, 0.1) is 24.9 Å². The number of anilines is 2. The van der Waals surface area contributed by atoms with Gasteiger partial charge in [0.15, 0.2) is 5.96 Å². The molecule has 7 heteroatoms. The van der Waals surface area contributed by atoms with Crippen LogP contribution in [0.15, 0.2) is 77.8 Å². The fraction of sp³-hybridized carbons (Fsp3) is 0.259. The van der Waals surface area contributed by atoms with E-state index in [1.54, 1.807) is 25.3 Å². The number of aliphatic imine (C=N–C) groups is 1. The van der Waals surface area contributed by atoms with Gasteiger partial charge in [-0.2, -0.15) is 0 Å². The predicted molar refractivity (Wildman–Crippen MR) is 136 cm³/mol. The van der Waals surface area contributed by atoms with E-state index >= 15 is 0 Å². The molecule has 0 bridgehead atoms. The molecule has 1 saturated heterocycles. The minimum Gasteiger partial charge on any atom is -0.495 e. The second kappa shape index (κ2) is 10.7. The molecule has 0 atom stereocenters. The summed E-state index contributed by atoms with van der Waals surface area (Å²) in [6.07, 6.45) is 0. The first-order chi connectivity index (χ1) is 16.5. The zero-order chi connectivity index (χ0) is 23.9. The molecule has 1 aliphatic heterocycles. The van der Waals surface area contributed by atoms with Crippen molar-refractivity contribution in [2.75, 3.05) is 43.5 Å². The van der Waals surface area contributed by atoms with Crippen molar-refractivity contribution in [1.82, 2.24) is 4.90 Å². The number of rotatable bonds is 6. The zero-order valence-electron chi connectivity index (χ0n) is 19.6. The molecule has 3 aromatic rings. The molecule has 34 heavy (non-hydrogen) atoms. The summed E-state index contributed by atoms with van der Waals surface area (Å²) in [5.41, 5.74) is 4.37. The van der Waals surface area contributed by atoms with Gasteiger partial charge < -0.3 is 25.0 Å². The maximum atomic E-state index is 11.4. The largest absolute Gasteiger partial charge is 0.495 e. The summed E-state index contributed by atoms with van der Waals surface area (Å²) in [5, 5.41) is 12.7. The van der Waals surface area contributed by atoms with E-state index in [0.29, 0.717) is 12.2 Å². The number of piperazine rings is 1. The van der Waals surface area contributed by atoms with Crippen molar-refractivity contribution in [1.29, 1.82) is 0 Å². The highest BCUT2D eigenvalue weighted by Crippen LogP contribution is 2.28. The van der Waals surface area contributed by atoms with Crippen molar-refractivity contribution in [2.45, 2.75) is 13.5 Å². The minimum atomic E-state index is -0.952. The van der Waals surface area contributed by atoms with Crippen LogP contribution in [0.3, 0.4) is 0 Å². The van der Waals surface area contributed by atoms with E-state index in [9.17, 15) is 9.90 Å². The molecule has 0 spiro atoms. The number of carbonyl (C=O) groups is 1. The average molecular weight is 459 g/mol. The minimum absolute atomic E-state index is 0.240. The van der Waals surface area contributed by atoms with Gasteiger partial charge in [-0.05, 0) is 42.8 Å². The number of para-hydroxylation sites is 2. The second-order valence-electron chi connectivity index (χ2n) is 8.28. The molecular formula is C27H30N4O3. The number of hydrogen-bond acceptors (Lipinski definition) is 4. The summed E-state index contributed by atoms with van der Waals surface area (Å²) in [6.45, 7) is 5.79. The molecule has 0 saturated carbocycles. The Kier molecular flexibility index (Phi) is 7.32. The Morgan fingerprint density at radius 2 is 1.74 bits per heavy atom. The van der Waals surface area contributed by atoms with Gasteiger partial charge in [0.1, 0.15) is 5.75 Å². The van der Waals surface area contributed by atoms with Crippen LogP contribution in [0.2, 0.25) is 0 Å². The molecule has 2 N–H and O–H groups in total. The van der Waals surface area contributed by atoms with Crippen molar-refractivity contribution < 1.29 is 14.6 Å². The van der Waals surface area contributed by atoms with Crippen LogP contribution in [0.25, 0.3) is 0 Å². The van der Waals surface area contributed by atoms with Crippen LogP contribution < -0.4 is 15.0 Å². The van der Waals surface area contributed by atoms with Crippen molar-refractivity contribution in [2.24, 2.45) is 4.99 Å². The summed E-state index contributed by atoms with van der Waals surface area (Å²) in [5.74, 6) is 0.655. The molecule has 0 amide bonds. The lowest BCUT2D eigenvalue weighted by atomic mass is 10.1. The highest BCUT2D eigenvalue weighted by atomic mass is 16.5. The van der Waals surface area contributed by atoms with Gasteiger partial charge in [-0.25, -0.2) is 9.79 Å². The van der Waals surface area contributed by atoms with Crippen LogP contribution in [0.4, 0.5) is 11.4 Å². The summed E-state index contributed by atoms with van der Waals surface area (Å²) in [7, 11) is 1.69. The number of benzene rings is 3. The van der Waals surface area contributed by atoms with Crippen LogP contribution in [0.1, 0.15) is 21.5 Å². The molecule has 4 rings (SSSR count). The molecule has 1 heterocycles. The Balaban J connectivity index is 1.53. The molecular weight excluding hydrogens is 428 g/mol. The average Bonchev–Trinajstić information content (AvgIpc) is 2.87. The Bertz CT molecular complexity index is 1150. The van der Waals surface area contributed by atoms with Crippen LogP contribution in [0, 0.1) is 6.92 Å². The molecule has 0 aliphatic carbocycles. The zero-order valence-corrected chi connectivity index (χ0v) is 19.6. The standard InChI is InChI=1S/C27H30N4O3/c1-20-10-12-21(13-11-20)19-28-27(29-23-7-5-6-22(18-23)26(32)33)31-16-14-30(15-17-31)24-8-3-4-9-25(24)34-2/h3-13,18H,14-17,19H2,1-2H3,(H,28,29)(H,32,33). The molecule has 0 unspecified atom stereocenters. The smallest absolute Gasteiger partial charge is 0.335 e. The highest BCUT2D eigenvalue weighted by molar-refractivity contribution is 5.96. The number of nitrogens with zero attached hydrogens (tertiary/aromatic N) is 3. The Labute approximate surface area is 200 Å². The van der Waals surface area contributed by atoms with Crippen molar-refractivity contribution in [3.05, 3.63) is 89.5 Å². The van der Waals surface area contributed by atoms with Crippen LogP contribution >= 0.6 is 0 Å². The van der Waals surface area contributed by atoms with Crippen LogP contribution in [-0.2, 0) is 6.54 Å². The van der Waals surface area contributed by atoms with E-state index in [0.717, 1.165) is 49.1 Å². The Morgan fingerprint density at radius 3 is 2.44 bits per heavy atom. The number of carboxylic acids is 1. The van der Waals surface area contributed by atoms with Crippen LogP contribution in [0.5, 0.6) is 5.75 Å². The SMILES string of the molecule is COc1ccccc1N1CCN(C(=NCc2ccc(C)cc2)Nc2cccc(C(=O)O)c2)CC1. The lowest BCUT2D eigenvalue weighted by Gasteiger charge is -2.38. The van der Waals surface area contributed by atoms with E-state index in [1.165, 1.54) is 5.56 Å². The Morgan fingerprint density at radius 1 is 1.00 bits per heavy atom. The number of nitrogens with one attached hydrogen (secondary N) is 1. The Hall–Kier alpha value is -4.00. The summed E-state index contributed by atoms with van der Waals surface area (Å²) < 4.78 is 5.54. The fourth-order valence-corrected chi connectivity index (χ4v) is 3.99. The highest BCUT2D eigenvalue weighted by Gasteiger charge is 2.22. The van der Waals surface area contributed by atoms with Gasteiger partial charge >= 0.3 is 5.97 Å². The maximum Gasteiger partial charge on any atom is 0.335 e. The van der Waals surface area contributed by atoms with Crippen molar-refractivity contribution >= 4 is 23.3 Å². The third kappa shape index (κ3) is 5.67. The fourth-order valence-electron chi connectivity index (χ4n) is 3.99. The van der Waals surface area contributed by atoms with Gasteiger partial charge in [0.2, 0.25) is 0 Å². The molecule has 1 fully saturated rings. The first-order valence-corrected chi connectivity index (χ1v) is 11.4. The summed E-state index contributed by atoms with van der Waals surface area (Å²) in [4.78, 5) is 20.8. The normalized spacial score (nSPS) is 14.1. The third-order valence-corrected chi connectivity index (χ3v) is 5.90.